The molecule has 0 amide bonds. The molecule has 17 heavy (non-hydrogen) atoms. The molecule has 0 nitrogen and oxygen atoms in total. The van der Waals surface area contributed by atoms with E-state index in [0.717, 1.165) is 11.1 Å². The van der Waals surface area contributed by atoms with Crippen molar-refractivity contribution in [3.63, 3.8) is 0 Å². The predicted octanol–water partition coefficient (Wildman–Crippen LogP) is 5.85. The van der Waals surface area contributed by atoms with Crippen LogP contribution in [0.15, 0.2) is 6.07 Å². The molecule has 1 rings (SSSR count). The summed E-state index contributed by atoms with van der Waals surface area (Å²) in [4.78, 5) is 0. The SMILES string of the molecule is CC(C)c1cc(Cl)c(F)c(C(C)C)c1C(C)C. The second kappa shape index (κ2) is 5.39. The third-order valence-electron chi connectivity index (χ3n) is 3.11. The normalized spacial score (nSPS) is 11.9. The Kier molecular flexibility index (Phi) is 4.60. The third kappa shape index (κ3) is 2.82. The van der Waals surface area contributed by atoms with Crippen molar-refractivity contribution in [1.29, 1.82) is 0 Å². The fourth-order valence-corrected chi connectivity index (χ4v) is 2.59. The van der Waals surface area contributed by atoms with E-state index in [2.05, 4.69) is 27.7 Å². The van der Waals surface area contributed by atoms with E-state index in [1.165, 1.54) is 5.56 Å². The van der Waals surface area contributed by atoms with Gasteiger partial charge in [-0.25, -0.2) is 4.39 Å². The van der Waals surface area contributed by atoms with Crippen LogP contribution < -0.4 is 0 Å². The highest BCUT2D eigenvalue weighted by Crippen LogP contribution is 2.38. The van der Waals surface area contributed by atoms with E-state index in [1.54, 1.807) is 6.07 Å². The van der Waals surface area contributed by atoms with Gasteiger partial charge in [0.1, 0.15) is 5.82 Å². The maximum Gasteiger partial charge on any atom is 0.145 e. The van der Waals surface area contributed by atoms with Crippen molar-refractivity contribution in [3.8, 4) is 0 Å². The first kappa shape index (κ1) is 14.5. The summed E-state index contributed by atoms with van der Waals surface area (Å²) in [6, 6.07) is 1.79. The first-order valence-corrected chi connectivity index (χ1v) is 6.66. The molecule has 0 aliphatic carbocycles. The van der Waals surface area contributed by atoms with Crippen LogP contribution in [0.3, 0.4) is 0 Å². The third-order valence-corrected chi connectivity index (χ3v) is 3.38. The Bertz CT molecular complexity index is 406. The van der Waals surface area contributed by atoms with Crippen molar-refractivity contribution >= 4 is 11.6 Å². The molecule has 0 saturated heterocycles. The highest BCUT2D eigenvalue weighted by molar-refractivity contribution is 6.30. The van der Waals surface area contributed by atoms with Gasteiger partial charge in [0.15, 0.2) is 0 Å². The molecule has 0 fully saturated rings. The smallest absolute Gasteiger partial charge is 0.145 e. The van der Waals surface area contributed by atoms with Crippen molar-refractivity contribution < 1.29 is 4.39 Å². The van der Waals surface area contributed by atoms with Gasteiger partial charge in [-0.2, -0.15) is 0 Å². The van der Waals surface area contributed by atoms with Crippen LogP contribution in [0.25, 0.3) is 0 Å². The summed E-state index contributed by atoms with van der Waals surface area (Å²) in [5, 5.41) is 0.252. The van der Waals surface area contributed by atoms with Crippen molar-refractivity contribution in [3.05, 3.63) is 33.6 Å². The summed E-state index contributed by atoms with van der Waals surface area (Å²) in [5.74, 6) is 0.595. The molecule has 0 saturated carbocycles. The average Bonchev–Trinajstić information content (AvgIpc) is 2.19. The number of hydrogen-bond acceptors (Lipinski definition) is 0. The molecule has 1 aromatic carbocycles. The molecule has 0 N–H and O–H groups in total. The largest absolute Gasteiger partial charge is 0.205 e. The Labute approximate surface area is 109 Å². The molecule has 96 valence electrons. The maximum atomic E-state index is 14.2. The van der Waals surface area contributed by atoms with E-state index in [-0.39, 0.29) is 16.8 Å². The minimum atomic E-state index is -0.241. The Hall–Kier alpha value is -0.560. The maximum absolute atomic E-state index is 14.2. The highest BCUT2D eigenvalue weighted by Gasteiger charge is 2.22. The van der Waals surface area contributed by atoms with Gasteiger partial charge in [0.2, 0.25) is 0 Å². The summed E-state index contributed by atoms with van der Waals surface area (Å²) in [5.41, 5.74) is 3.10. The van der Waals surface area contributed by atoms with Crippen LogP contribution in [0, 0.1) is 5.82 Å². The topological polar surface area (TPSA) is 0 Å². The van der Waals surface area contributed by atoms with Gasteiger partial charge in [-0.15, -0.1) is 0 Å². The monoisotopic (exact) mass is 256 g/mol. The van der Waals surface area contributed by atoms with Crippen molar-refractivity contribution in [2.75, 3.05) is 0 Å². The van der Waals surface area contributed by atoms with Gasteiger partial charge in [0.05, 0.1) is 5.02 Å². The van der Waals surface area contributed by atoms with Gasteiger partial charge < -0.3 is 0 Å². The molecule has 0 radical (unpaired) electrons. The predicted molar refractivity (Wildman–Crippen MR) is 73.7 cm³/mol. The van der Waals surface area contributed by atoms with Gasteiger partial charge >= 0.3 is 0 Å². The average molecular weight is 257 g/mol. The zero-order valence-electron chi connectivity index (χ0n) is 11.6. The van der Waals surface area contributed by atoms with Crippen LogP contribution in [-0.2, 0) is 0 Å². The van der Waals surface area contributed by atoms with Crippen LogP contribution in [0.1, 0.15) is 76.0 Å². The van der Waals surface area contributed by atoms with E-state index in [9.17, 15) is 4.39 Å². The molecule has 0 bridgehead atoms. The molecule has 0 aliphatic heterocycles. The molecule has 0 aliphatic rings. The van der Waals surface area contributed by atoms with Gasteiger partial charge in [-0.05, 0) is 40.5 Å². The molecule has 0 atom stereocenters. The van der Waals surface area contributed by atoms with E-state index >= 15 is 0 Å². The summed E-state index contributed by atoms with van der Waals surface area (Å²) >= 11 is 6.01. The molecule has 0 heterocycles. The Morgan fingerprint density at radius 1 is 0.882 bits per heavy atom. The first-order valence-electron chi connectivity index (χ1n) is 6.29. The second-order valence-electron chi connectivity index (χ2n) is 5.55. The van der Waals surface area contributed by atoms with E-state index < -0.39 is 0 Å². The number of hydrogen-bond donors (Lipinski definition) is 0. The van der Waals surface area contributed by atoms with Crippen LogP contribution in [0.2, 0.25) is 5.02 Å². The van der Waals surface area contributed by atoms with Crippen LogP contribution in [-0.4, -0.2) is 0 Å². The number of halogens is 2. The van der Waals surface area contributed by atoms with E-state index in [4.69, 9.17) is 11.6 Å². The molecule has 0 aromatic heterocycles. The molecule has 0 spiro atoms. The first-order chi connectivity index (χ1) is 7.77. The quantitative estimate of drug-likeness (QED) is 0.636. The van der Waals surface area contributed by atoms with E-state index in [0.29, 0.717) is 11.8 Å². The lowest BCUT2D eigenvalue weighted by molar-refractivity contribution is 0.586. The zero-order chi connectivity index (χ0) is 13.3. The van der Waals surface area contributed by atoms with Crippen LogP contribution in [0.4, 0.5) is 4.39 Å². The Morgan fingerprint density at radius 3 is 1.71 bits per heavy atom. The van der Waals surface area contributed by atoms with Crippen LogP contribution in [0.5, 0.6) is 0 Å². The minimum absolute atomic E-state index is 0.156. The lowest BCUT2D eigenvalue weighted by Gasteiger charge is -2.23. The lowest BCUT2D eigenvalue weighted by Crippen LogP contribution is -2.08. The van der Waals surface area contributed by atoms with Gasteiger partial charge in [0, 0.05) is 0 Å². The lowest BCUT2D eigenvalue weighted by atomic mass is 9.83. The number of rotatable bonds is 3. The second-order valence-corrected chi connectivity index (χ2v) is 5.96. The molecule has 2 heteroatoms. The van der Waals surface area contributed by atoms with Gasteiger partial charge in [0.25, 0.3) is 0 Å². The van der Waals surface area contributed by atoms with E-state index in [1.807, 2.05) is 13.8 Å². The molecule has 1 aromatic rings. The fourth-order valence-electron chi connectivity index (χ4n) is 2.37. The molecular formula is C15H22ClF. The standard InChI is InChI=1S/C15H22ClF/c1-8(2)11-7-12(16)15(17)14(10(5)6)13(11)9(3)4/h7-10H,1-6H3. The zero-order valence-corrected chi connectivity index (χ0v) is 12.3. The molecular weight excluding hydrogens is 235 g/mol. The Morgan fingerprint density at radius 2 is 1.35 bits per heavy atom. The van der Waals surface area contributed by atoms with Crippen LogP contribution >= 0.6 is 11.6 Å². The number of benzene rings is 1. The van der Waals surface area contributed by atoms with Crippen molar-refractivity contribution in [2.24, 2.45) is 0 Å². The summed E-state index contributed by atoms with van der Waals surface area (Å²) in [6.07, 6.45) is 0. The van der Waals surface area contributed by atoms with Gasteiger partial charge in [-0.3, -0.25) is 0 Å². The summed E-state index contributed by atoms with van der Waals surface area (Å²) in [7, 11) is 0. The van der Waals surface area contributed by atoms with Crippen molar-refractivity contribution in [1.82, 2.24) is 0 Å². The highest BCUT2D eigenvalue weighted by atomic mass is 35.5. The van der Waals surface area contributed by atoms with Crippen molar-refractivity contribution in [2.45, 2.75) is 59.3 Å². The van der Waals surface area contributed by atoms with Gasteiger partial charge in [-0.1, -0.05) is 53.1 Å². The minimum Gasteiger partial charge on any atom is -0.205 e. The fraction of sp³-hybridized carbons (Fsp3) is 0.600. The summed E-state index contributed by atoms with van der Waals surface area (Å²) in [6.45, 7) is 12.5. The molecule has 0 unspecified atom stereocenters. The summed E-state index contributed by atoms with van der Waals surface area (Å²) < 4.78 is 14.2. The Balaban J connectivity index is 3.64.